The van der Waals surface area contributed by atoms with Gasteiger partial charge in [0.05, 0.1) is 37.2 Å². The standard InChI is InChI=1S/C24H30N4O4.C4H10.C2H5NO2/c1-3-16(2)24(30)28-23(26-15-25)20-11-10-19(27-20)21-12-9-18(32-21)14-31-22(29)13-17-7-5-4-6-8-17;1-4(2)3;3-1-2(4)5/h4-8,10-11,15-16,18,21,27H,3,9,12-14H2,1-2H3,(H2,25,26,28,30);4H,1-3H3;1,3H2,(H,4,5). The summed E-state index contributed by atoms with van der Waals surface area (Å²) in [7, 11) is 0. The number of amidine groups is 1. The average Bonchev–Trinajstić information content (AvgIpc) is 3.62. The number of rotatable bonds is 9. The summed E-state index contributed by atoms with van der Waals surface area (Å²) in [6.45, 7) is 10.2. The fourth-order valence-electron chi connectivity index (χ4n) is 3.41. The number of amides is 1. The number of carbonyl (C=O) groups excluding carboxylic acids is 2. The number of hydrogen-bond acceptors (Lipinski definition) is 6. The third-order valence-corrected chi connectivity index (χ3v) is 5.65. The zero-order valence-corrected chi connectivity index (χ0v) is 24.7. The minimum absolute atomic E-state index is 0.157. The number of carboxylic acids is 1. The molecule has 1 aromatic carbocycles. The van der Waals surface area contributed by atoms with Gasteiger partial charge in [-0.15, -0.1) is 0 Å². The molecule has 41 heavy (non-hydrogen) atoms. The molecule has 1 amide bonds. The number of hydrogen-bond donors (Lipinski definition) is 4. The number of nitrogens with one attached hydrogen (secondary N) is 1. The van der Waals surface area contributed by atoms with Gasteiger partial charge in [-0.3, -0.25) is 14.4 Å². The molecule has 1 fully saturated rings. The molecule has 11 heteroatoms. The van der Waals surface area contributed by atoms with Gasteiger partial charge in [-0.05, 0) is 42.9 Å². The molecule has 0 spiro atoms. The molecule has 3 unspecified atom stereocenters. The Morgan fingerprint density at radius 1 is 1.12 bits per heavy atom. The third kappa shape index (κ3) is 14.4. The van der Waals surface area contributed by atoms with Crippen LogP contribution < -0.4 is 11.5 Å². The van der Waals surface area contributed by atoms with E-state index >= 15 is 0 Å². The summed E-state index contributed by atoms with van der Waals surface area (Å²) in [6, 6.07) is 13.2. The molecule has 0 saturated carbocycles. The summed E-state index contributed by atoms with van der Waals surface area (Å²) >= 11 is 0. The molecule has 1 aliphatic heterocycles. The lowest BCUT2D eigenvalue weighted by Gasteiger charge is -2.13. The maximum atomic E-state index is 12.2. The normalized spacial score (nSPS) is 17.3. The first-order chi connectivity index (χ1) is 19.5. The number of aromatic nitrogens is 1. The molecular weight excluding hydrogens is 526 g/mol. The molecule has 3 rings (SSSR count). The molecule has 1 aromatic heterocycles. The van der Waals surface area contributed by atoms with Crippen LogP contribution in [0.2, 0.25) is 0 Å². The minimum atomic E-state index is -0.968. The Morgan fingerprint density at radius 3 is 2.32 bits per heavy atom. The Labute approximate surface area is 242 Å². The number of aromatic amines is 1. The molecule has 0 aliphatic carbocycles. The van der Waals surface area contributed by atoms with Crippen molar-refractivity contribution in [3.63, 3.8) is 0 Å². The highest BCUT2D eigenvalue weighted by Crippen LogP contribution is 2.32. The number of ether oxygens (including phenoxy) is 2. The van der Waals surface area contributed by atoms with Crippen molar-refractivity contribution in [1.29, 1.82) is 0 Å². The zero-order chi connectivity index (χ0) is 30.8. The van der Waals surface area contributed by atoms with Crippen LogP contribution in [0, 0.1) is 11.8 Å². The van der Waals surface area contributed by atoms with Gasteiger partial charge in [-0.1, -0.05) is 65.0 Å². The van der Waals surface area contributed by atoms with Crippen LogP contribution in [0.4, 0.5) is 0 Å². The lowest BCUT2D eigenvalue weighted by Crippen LogP contribution is -2.19. The van der Waals surface area contributed by atoms with Gasteiger partial charge in [0, 0.05) is 11.6 Å². The Balaban J connectivity index is 0.000000814. The van der Waals surface area contributed by atoms with Crippen LogP contribution in [0.3, 0.4) is 0 Å². The maximum Gasteiger partial charge on any atom is 0.317 e. The van der Waals surface area contributed by atoms with Crippen molar-refractivity contribution in [3.05, 3.63) is 59.4 Å². The summed E-state index contributed by atoms with van der Waals surface area (Å²) in [5.74, 6) is -0.579. The van der Waals surface area contributed by atoms with E-state index in [0.717, 1.165) is 36.4 Å². The molecule has 2 heterocycles. The Kier molecular flexibility index (Phi) is 16.6. The molecule has 1 aliphatic rings. The number of nitrogens with zero attached hydrogens (tertiary/aromatic N) is 2. The van der Waals surface area contributed by atoms with Gasteiger partial charge in [-0.2, -0.15) is 4.99 Å². The topological polar surface area (TPSA) is 182 Å². The molecule has 3 atom stereocenters. The zero-order valence-electron chi connectivity index (χ0n) is 24.7. The molecule has 11 nitrogen and oxygen atoms in total. The fourth-order valence-corrected chi connectivity index (χ4v) is 3.41. The lowest BCUT2D eigenvalue weighted by atomic mass is 10.1. The summed E-state index contributed by atoms with van der Waals surface area (Å²) < 4.78 is 11.5. The number of H-pyrrole nitrogens is 1. The number of carboxylic acid groups (broad SMARTS) is 1. The average molecular weight is 572 g/mol. The van der Waals surface area contributed by atoms with Gasteiger partial charge in [0.1, 0.15) is 6.61 Å². The van der Waals surface area contributed by atoms with E-state index < -0.39 is 5.97 Å². The van der Waals surface area contributed by atoms with Gasteiger partial charge in [0.15, 0.2) is 5.84 Å². The second kappa shape index (κ2) is 19.3. The van der Waals surface area contributed by atoms with Gasteiger partial charge in [0.2, 0.25) is 0 Å². The van der Waals surface area contributed by atoms with Gasteiger partial charge >= 0.3 is 11.9 Å². The van der Waals surface area contributed by atoms with Crippen molar-refractivity contribution in [2.75, 3.05) is 13.2 Å². The Morgan fingerprint density at radius 2 is 1.76 bits per heavy atom. The van der Waals surface area contributed by atoms with Crippen molar-refractivity contribution in [3.8, 4) is 0 Å². The fraction of sp³-hybridized carbons (Fsp3) is 0.500. The highest BCUT2D eigenvalue weighted by Gasteiger charge is 2.29. The molecule has 0 bridgehead atoms. The van der Waals surface area contributed by atoms with E-state index in [1.54, 1.807) is 0 Å². The molecular formula is C30H45N5O6. The SMILES string of the molecule is CC(C)C.CCC(C)C(=O)N=C(N=CN)c1ccc(C2CCC(COC(=O)Cc3ccccc3)O2)[nH]1.NCC(=O)O. The van der Waals surface area contributed by atoms with Crippen LogP contribution in [0.15, 0.2) is 52.4 Å². The Hall–Kier alpha value is -3.83. The largest absolute Gasteiger partial charge is 0.480 e. The molecule has 6 N–H and O–H groups in total. The quantitative estimate of drug-likeness (QED) is 0.198. The first kappa shape index (κ1) is 35.2. The first-order valence-corrected chi connectivity index (χ1v) is 13.8. The Bertz CT molecular complexity index is 1130. The van der Waals surface area contributed by atoms with Crippen molar-refractivity contribution in [2.45, 2.75) is 72.5 Å². The molecule has 2 aromatic rings. The second-order valence-electron chi connectivity index (χ2n) is 10.2. The summed E-state index contributed by atoms with van der Waals surface area (Å²) in [4.78, 5) is 44.9. The molecule has 226 valence electrons. The van der Waals surface area contributed by atoms with Gasteiger partial charge in [0.25, 0.3) is 5.91 Å². The van der Waals surface area contributed by atoms with E-state index in [0.29, 0.717) is 12.1 Å². The third-order valence-electron chi connectivity index (χ3n) is 5.65. The van der Waals surface area contributed by atoms with E-state index in [1.807, 2.05) is 56.3 Å². The summed E-state index contributed by atoms with van der Waals surface area (Å²) in [5.41, 5.74) is 12.4. The maximum absolute atomic E-state index is 12.2. The van der Waals surface area contributed by atoms with Crippen molar-refractivity contribution in [1.82, 2.24) is 4.98 Å². The van der Waals surface area contributed by atoms with E-state index in [9.17, 15) is 14.4 Å². The van der Waals surface area contributed by atoms with Crippen LogP contribution in [0.5, 0.6) is 0 Å². The number of nitrogens with two attached hydrogens (primary N) is 2. The molecule has 1 saturated heterocycles. The van der Waals surface area contributed by atoms with Crippen LogP contribution >= 0.6 is 0 Å². The lowest BCUT2D eigenvalue weighted by molar-refractivity contribution is -0.147. The highest BCUT2D eigenvalue weighted by molar-refractivity contribution is 6.07. The van der Waals surface area contributed by atoms with E-state index in [4.69, 9.17) is 20.3 Å². The van der Waals surface area contributed by atoms with E-state index in [-0.39, 0.29) is 55.4 Å². The van der Waals surface area contributed by atoms with Crippen LogP contribution in [0.1, 0.15) is 76.9 Å². The van der Waals surface area contributed by atoms with E-state index in [1.165, 1.54) is 0 Å². The highest BCUT2D eigenvalue weighted by atomic mass is 16.6. The summed E-state index contributed by atoms with van der Waals surface area (Å²) in [6.07, 6.45) is 3.32. The number of aliphatic carboxylic acids is 1. The van der Waals surface area contributed by atoms with E-state index in [2.05, 4.69) is 41.5 Å². The predicted octanol–water partition coefficient (Wildman–Crippen LogP) is 4.02. The first-order valence-electron chi connectivity index (χ1n) is 13.8. The minimum Gasteiger partial charge on any atom is -0.480 e. The number of carbonyl (C=O) groups is 3. The number of aliphatic imine (C=N–C) groups is 2. The number of esters is 1. The van der Waals surface area contributed by atoms with Crippen LogP contribution in [0.25, 0.3) is 0 Å². The number of benzene rings is 1. The molecule has 0 radical (unpaired) electrons. The van der Waals surface area contributed by atoms with Crippen LogP contribution in [-0.2, 0) is 30.3 Å². The monoisotopic (exact) mass is 571 g/mol. The van der Waals surface area contributed by atoms with Gasteiger partial charge in [-0.25, -0.2) is 4.99 Å². The summed E-state index contributed by atoms with van der Waals surface area (Å²) in [5, 5.41) is 7.60. The van der Waals surface area contributed by atoms with Crippen molar-refractivity contribution < 1.29 is 29.0 Å². The van der Waals surface area contributed by atoms with Crippen molar-refractivity contribution >= 4 is 30.0 Å². The second-order valence-corrected chi connectivity index (χ2v) is 10.2. The predicted molar refractivity (Wildman–Crippen MR) is 160 cm³/mol. The smallest absolute Gasteiger partial charge is 0.317 e. The van der Waals surface area contributed by atoms with Crippen LogP contribution in [-0.4, -0.2) is 59.4 Å². The van der Waals surface area contributed by atoms with Crippen molar-refractivity contribution in [2.24, 2.45) is 33.3 Å². The van der Waals surface area contributed by atoms with Gasteiger partial charge < -0.3 is 31.0 Å².